The van der Waals surface area contributed by atoms with Crippen molar-refractivity contribution in [3.63, 3.8) is 0 Å². The van der Waals surface area contributed by atoms with Crippen LogP contribution in [0.5, 0.6) is 5.75 Å². The molecule has 7 nitrogen and oxygen atoms in total. The largest absolute Gasteiger partial charge is 0.492 e. The van der Waals surface area contributed by atoms with Gasteiger partial charge in [0.25, 0.3) is 0 Å². The van der Waals surface area contributed by atoms with Crippen LogP contribution in [0.15, 0.2) is 41.7 Å². The zero-order valence-corrected chi connectivity index (χ0v) is 15.3. The van der Waals surface area contributed by atoms with Gasteiger partial charge in [0.05, 0.1) is 12.2 Å². The predicted octanol–water partition coefficient (Wildman–Crippen LogP) is 2.07. The maximum Gasteiger partial charge on any atom is 0.165 e. The Balaban J connectivity index is 1.64. The summed E-state index contributed by atoms with van der Waals surface area (Å²) in [7, 11) is 0. The zero-order chi connectivity index (χ0) is 18.2. The minimum absolute atomic E-state index is 0.319. The molecule has 138 valence electrons. The summed E-state index contributed by atoms with van der Waals surface area (Å²) in [6.45, 7) is 6.43. The summed E-state index contributed by atoms with van der Waals surface area (Å²) in [5, 5.41) is 7.91. The van der Waals surface area contributed by atoms with Crippen molar-refractivity contribution in [3.05, 3.63) is 42.2 Å². The lowest BCUT2D eigenvalue weighted by atomic mass is 10.0. The minimum atomic E-state index is 0.319. The first-order valence-corrected chi connectivity index (χ1v) is 9.33. The van der Waals surface area contributed by atoms with Gasteiger partial charge in [-0.25, -0.2) is 14.5 Å². The van der Waals surface area contributed by atoms with Gasteiger partial charge in [-0.3, -0.25) is 4.90 Å². The van der Waals surface area contributed by atoms with Crippen molar-refractivity contribution in [1.29, 1.82) is 0 Å². The third-order valence-corrected chi connectivity index (χ3v) is 5.31. The molecule has 1 aromatic carbocycles. The first-order chi connectivity index (χ1) is 13.3. The minimum Gasteiger partial charge on any atom is -0.492 e. The average molecular weight is 362 g/mol. The summed E-state index contributed by atoms with van der Waals surface area (Å²) in [6.07, 6.45) is 5.72. The van der Waals surface area contributed by atoms with E-state index in [1.54, 1.807) is 4.52 Å². The molecule has 1 N–H and O–H groups in total. The summed E-state index contributed by atoms with van der Waals surface area (Å²) in [4.78, 5) is 11.7. The Hall–Kier alpha value is -2.77. The number of nitrogens with zero attached hydrogens (tertiary/aromatic N) is 5. The standard InChI is InChI=1S/C20H22N6O/c1-14-2-3-16-10-17(14)18-12-23-26-7-4-19(24-20(18)26)22-6-9-25-8-5-21-11-15(25)13-27-16/h2-4,6-7,10,12,15,21H,5,8-9,11,13H2,1H3/t15-/m0/s1. The third-order valence-electron chi connectivity index (χ3n) is 5.31. The number of nitrogens with one attached hydrogen (secondary N) is 1. The van der Waals surface area contributed by atoms with E-state index in [-0.39, 0.29) is 0 Å². The smallest absolute Gasteiger partial charge is 0.165 e. The summed E-state index contributed by atoms with van der Waals surface area (Å²) < 4.78 is 7.96. The van der Waals surface area contributed by atoms with Gasteiger partial charge in [0.2, 0.25) is 0 Å². The molecule has 3 aromatic rings. The Bertz CT molecular complexity index is 1010. The molecule has 1 fully saturated rings. The van der Waals surface area contributed by atoms with Crippen molar-refractivity contribution in [2.45, 2.75) is 13.0 Å². The number of benzene rings is 1. The van der Waals surface area contributed by atoms with Crippen molar-refractivity contribution in [2.75, 3.05) is 32.8 Å². The maximum atomic E-state index is 6.17. The number of aliphatic imine (C=N–C) groups is 1. The molecule has 0 radical (unpaired) electrons. The fraction of sp³-hybridized carbons (Fsp3) is 0.350. The Morgan fingerprint density at radius 2 is 2.19 bits per heavy atom. The van der Waals surface area contributed by atoms with E-state index < -0.39 is 0 Å². The quantitative estimate of drug-likeness (QED) is 0.663. The van der Waals surface area contributed by atoms with Crippen LogP contribution in [0.1, 0.15) is 5.56 Å². The first kappa shape index (κ1) is 16.4. The number of aryl methyl sites for hydroxylation is 1. The second kappa shape index (κ2) is 6.75. The highest BCUT2D eigenvalue weighted by atomic mass is 16.5. The second-order valence-electron chi connectivity index (χ2n) is 7.06. The molecule has 2 aliphatic heterocycles. The molecule has 4 bridgehead atoms. The molecule has 4 heterocycles. The van der Waals surface area contributed by atoms with Crippen LogP contribution < -0.4 is 10.1 Å². The number of aromatic nitrogens is 3. The van der Waals surface area contributed by atoms with Gasteiger partial charge < -0.3 is 10.1 Å². The van der Waals surface area contributed by atoms with Crippen LogP contribution in [0.3, 0.4) is 0 Å². The van der Waals surface area contributed by atoms with E-state index in [9.17, 15) is 0 Å². The Morgan fingerprint density at radius 3 is 3.15 bits per heavy atom. The van der Waals surface area contributed by atoms with Crippen LogP contribution in [0.4, 0.5) is 5.82 Å². The van der Waals surface area contributed by atoms with E-state index in [1.807, 2.05) is 30.7 Å². The molecule has 7 heteroatoms. The van der Waals surface area contributed by atoms with Crippen LogP contribution >= 0.6 is 0 Å². The Morgan fingerprint density at radius 1 is 1.22 bits per heavy atom. The Labute approximate surface area is 157 Å². The van der Waals surface area contributed by atoms with Gasteiger partial charge >= 0.3 is 0 Å². The van der Waals surface area contributed by atoms with Gasteiger partial charge in [-0.05, 0) is 30.2 Å². The van der Waals surface area contributed by atoms with Crippen LogP contribution in [0.2, 0.25) is 0 Å². The van der Waals surface area contributed by atoms with E-state index in [2.05, 4.69) is 39.4 Å². The molecule has 0 saturated carbocycles. The molecule has 0 spiro atoms. The lowest BCUT2D eigenvalue weighted by Crippen LogP contribution is -2.54. The monoisotopic (exact) mass is 362 g/mol. The lowest BCUT2D eigenvalue weighted by molar-refractivity contribution is 0.127. The molecule has 0 amide bonds. The molecule has 1 saturated heterocycles. The second-order valence-corrected chi connectivity index (χ2v) is 7.06. The SMILES string of the molecule is Cc1ccc2cc1-c1cnn3ccc(nc13)N=CCN1CCNC[C@H]1CO2. The van der Waals surface area contributed by atoms with Crippen molar-refractivity contribution in [3.8, 4) is 16.9 Å². The van der Waals surface area contributed by atoms with E-state index in [0.29, 0.717) is 18.5 Å². The molecule has 2 aliphatic rings. The molecule has 27 heavy (non-hydrogen) atoms. The van der Waals surface area contributed by atoms with Crippen molar-refractivity contribution in [2.24, 2.45) is 4.99 Å². The van der Waals surface area contributed by atoms with Crippen LogP contribution in [0.25, 0.3) is 16.8 Å². The van der Waals surface area contributed by atoms with Crippen LogP contribution in [-0.2, 0) is 0 Å². The normalized spacial score (nSPS) is 20.3. The summed E-state index contributed by atoms with van der Waals surface area (Å²) >= 11 is 0. The molecular weight excluding hydrogens is 340 g/mol. The number of ether oxygens (including phenoxy) is 1. The molecule has 0 aliphatic carbocycles. The van der Waals surface area contributed by atoms with Crippen molar-refractivity contribution < 1.29 is 4.74 Å². The van der Waals surface area contributed by atoms with Crippen molar-refractivity contribution in [1.82, 2.24) is 24.8 Å². The fourth-order valence-corrected chi connectivity index (χ4v) is 3.74. The highest BCUT2D eigenvalue weighted by molar-refractivity contribution is 5.80. The molecule has 0 unspecified atom stereocenters. The Kier molecular flexibility index (Phi) is 4.10. The topological polar surface area (TPSA) is 67.0 Å². The zero-order valence-electron chi connectivity index (χ0n) is 15.3. The third kappa shape index (κ3) is 3.09. The molecule has 1 atom stereocenters. The van der Waals surface area contributed by atoms with Gasteiger partial charge in [0, 0.05) is 50.2 Å². The predicted molar refractivity (Wildman–Crippen MR) is 105 cm³/mol. The molecule has 2 aromatic heterocycles. The summed E-state index contributed by atoms with van der Waals surface area (Å²) in [5.41, 5.74) is 4.06. The van der Waals surface area contributed by atoms with Crippen molar-refractivity contribution >= 4 is 17.7 Å². The molecular formula is C20H22N6O. The molecule has 5 rings (SSSR count). The average Bonchev–Trinajstić information content (AvgIpc) is 3.11. The number of hydrogen-bond donors (Lipinski definition) is 1. The summed E-state index contributed by atoms with van der Waals surface area (Å²) in [5.74, 6) is 1.58. The van der Waals surface area contributed by atoms with Gasteiger partial charge in [-0.1, -0.05) is 6.07 Å². The number of piperazine rings is 1. The van der Waals surface area contributed by atoms with Gasteiger partial charge in [0.15, 0.2) is 11.5 Å². The van der Waals surface area contributed by atoms with Gasteiger partial charge in [-0.2, -0.15) is 5.10 Å². The fourth-order valence-electron chi connectivity index (χ4n) is 3.74. The number of fused-ring (bicyclic) bond motifs is 5. The number of rotatable bonds is 0. The highest BCUT2D eigenvalue weighted by Gasteiger charge is 2.22. The maximum absolute atomic E-state index is 6.17. The van der Waals surface area contributed by atoms with Crippen LogP contribution in [0, 0.1) is 6.92 Å². The summed E-state index contributed by atoms with van der Waals surface area (Å²) in [6, 6.07) is 8.44. The van der Waals surface area contributed by atoms with Gasteiger partial charge in [0.1, 0.15) is 12.4 Å². The number of hydrogen-bond acceptors (Lipinski definition) is 6. The lowest BCUT2D eigenvalue weighted by Gasteiger charge is -2.35. The first-order valence-electron chi connectivity index (χ1n) is 9.33. The highest BCUT2D eigenvalue weighted by Crippen LogP contribution is 2.31. The van der Waals surface area contributed by atoms with E-state index in [1.165, 1.54) is 5.56 Å². The van der Waals surface area contributed by atoms with Gasteiger partial charge in [-0.15, -0.1) is 0 Å². The van der Waals surface area contributed by atoms with E-state index >= 15 is 0 Å². The van der Waals surface area contributed by atoms with E-state index in [4.69, 9.17) is 9.72 Å². The van der Waals surface area contributed by atoms with Crippen LogP contribution in [-0.4, -0.2) is 64.5 Å². The van der Waals surface area contributed by atoms with E-state index in [0.717, 1.165) is 48.7 Å².